The van der Waals surface area contributed by atoms with Crippen LogP contribution in [0.25, 0.3) is 6.08 Å². The molecule has 0 atom stereocenters. The molecule has 2 aromatic rings. The molecule has 1 N–H and O–H groups in total. The Hall–Kier alpha value is -1.84. The molecular formula is C14H8Br2N2O2. The molecule has 1 aromatic heterocycles. The summed E-state index contributed by atoms with van der Waals surface area (Å²) in [4.78, 5) is 12.0. The zero-order chi connectivity index (χ0) is 14.5. The van der Waals surface area contributed by atoms with Gasteiger partial charge in [0.1, 0.15) is 17.4 Å². The van der Waals surface area contributed by atoms with Crippen LogP contribution in [0.3, 0.4) is 0 Å². The highest BCUT2D eigenvalue weighted by Crippen LogP contribution is 2.28. The molecule has 0 fully saturated rings. The molecule has 0 radical (unpaired) electrons. The second-order valence-electron chi connectivity index (χ2n) is 3.76. The van der Waals surface area contributed by atoms with E-state index < -0.39 is 5.91 Å². The van der Waals surface area contributed by atoms with Crippen molar-refractivity contribution in [3.05, 3.63) is 56.9 Å². The van der Waals surface area contributed by atoms with Gasteiger partial charge in [0, 0.05) is 11.8 Å². The molecule has 0 bridgehead atoms. The van der Waals surface area contributed by atoms with Gasteiger partial charge in [-0.25, -0.2) is 0 Å². The normalized spacial score (nSPS) is 10.9. The van der Waals surface area contributed by atoms with Crippen LogP contribution in [-0.2, 0) is 4.79 Å². The molecule has 1 amide bonds. The average molecular weight is 396 g/mol. The molecule has 0 aliphatic heterocycles. The van der Waals surface area contributed by atoms with Gasteiger partial charge in [-0.3, -0.25) is 4.79 Å². The van der Waals surface area contributed by atoms with Crippen molar-refractivity contribution in [3.8, 4) is 6.07 Å². The van der Waals surface area contributed by atoms with Gasteiger partial charge in [0.15, 0.2) is 4.67 Å². The Kier molecular flexibility index (Phi) is 4.77. The maximum Gasteiger partial charge on any atom is 0.266 e. The van der Waals surface area contributed by atoms with Gasteiger partial charge in [-0.05, 0) is 50.1 Å². The molecule has 4 nitrogen and oxygen atoms in total. The number of rotatable bonds is 3. The fraction of sp³-hybridized carbons (Fsp3) is 0. The number of para-hydroxylation sites is 1. The number of hydrogen-bond donors (Lipinski definition) is 1. The zero-order valence-corrected chi connectivity index (χ0v) is 13.2. The first-order chi connectivity index (χ1) is 9.60. The minimum absolute atomic E-state index is 0.0393. The third-order valence-electron chi connectivity index (χ3n) is 2.35. The lowest BCUT2D eigenvalue weighted by atomic mass is 10.2. The van der Waals surface area contributed by atoms with Gasteiger partial charge in [-0.2, -0.15) is 5.26 Å². The highest BCUT2D eigenvalue weighted by Gasteiger charge is 2.12. The molecule has 0 saturated heterocycles. The van der Waals surface area contributed by atoms with Gasteiger partial charge < -0.3 is 9.73 Å². The molecule has 1 heterocycles. The Morgan fingerprint density at radius 2 is 2.00 bits per heavy atom. The first kappa shape index (κ1) is 14.6. The van der Waals surface area contributed by atoms with Crippen molar-refractivity contribution in [1.29, 1.82) is 5.26 Å². The number of nitrogens with zero attached hydrogens (tertiary/aromatic N) is 1. The SMILES string of the molecule is N#C/C(=C\c1cc(Br)c(Br)o1)C(=O)Nc1ccccc1. The molecular weight excluding hydrogens is 388 g/mol. The summed E-state index contributed by atoms with van der Waals surface area (Å²) in [6.07, 6.45) is 1.38. The lowest BCUT2D eigenvalue weighted by Crippen LogP contribution is -2.13. The van der Waals surface area contributed by atoms with E-state index >= 15 is 0 Å². The van der Waals surface area contributed by atoms with Crippen molar-refractivity contribution in [2.75, 3.05) is 5.32 Å². The van der Waals surface area contributed by atoms with Crippen LogP contribution in [0.2, 0.25) is 0 Å². The molecule has 0 aliphatic rings. The highest BCUT2D eigenvalue weighted by atomic mass is 79.9. The minimum atomic E-state index is -0.484. The summed E-state index contributed by atoms with van der Waals surface area (Å²) in [5.74, 6) is -0.0779. The van der Waals surface area contributed by atoms with Crippen molar-refractivity contribution >= 4 is 49.5 Å². The summed E-state index contributed by atoms with van der Waals surface area (Å²) in [5, 5.41) is 11.7. The maximum atomic E-state index is 12.0. The fourth-order valence-electron chi connectivity index (χ4n) is 1.45. The van der Waals surface area contributed by atoms with Gasteiger partial charge in [0.25, 0.3) is 5.91 Å². The van der Waals surface area contributed by atoms with Crippen LogP contribution >= 0.6 is 31.9 Å². The van der Waals surface area contributed by atoms with Crippen molar-refractivity contribution in [1.82, 2.24) is 0 Å². The van der Waals surface area contributed by atoms with Crippen molar-refractivity contribution in [3.63, 3.8) is 0 Å². The molecule has 0 aliphatic carbocycles. The first-order valence-corrected chi connectivity index (χ1v) is 7.12. The average Bonchev–Trinajstić information content (AvgIpc) is 2.76. The van der Waals surface area contributed by atoms with Gasteiger partial charge in [0.05, 0.1) is 4.47 Å². The van der Waals surface area contributed by atoms with Crippen LogP contribution in [0.15, 0.2) is 55.5 Å². The highest BCUT2D eigenvalue weighted by molar-refractivity contribution is 9.13. The molecule has 100 valence electrons. The van der Waals surface area contributed by atoms with E-state index in [2.05, 4.69) is 37.2 Å². The largest absolute Gasteiger partial charge is 0.449 e. The lowest BCUT2D eigenvalue weighted by molar-refractivity contribution is -0.112. The quantitative estimate of drug-likeness (QED) is 0.620. The number of nitrogens with one attached hydrogen (secondary N) is 1. The van der Waals surface area contributed by atoms with Crippen LogP contribution in [0, 0.1) is 11.3 Å². The number of halogens is 2. The monoisotopic (exact) mass is 394 g/mol. The minimum Gasteiger partial charge on any atom is -0.449 e. The summed E-state index contributed by atoms with van der Waals surface area (Å²) < 4.78 is 6.53. The van der Waals surface area contributed by atoms with Crippen molar-refractivity contribution in [2.45, 2.75) is 0 Å². The second-order valence-corrected chi connectivity index (χ2v) is 5.33. The van der Waals surface area contributed by atoms with Gasteiger partial charge in [-0.1, -0.05) is 18.2 Å². The number of benzene rings is 1. The van der Waals surface area contributed by atoms with E-state index in [0.29, 0.717) is 20.6 Å². The number of nitriles is 1. The predicted molar refractivity (Wildman–Crippen MR) is 82.8 cm³/mol. The smallest absolute Gasteiger partial charge is 0.266 e. The van der Waals surface area contributed by atoms with Crippen molar-refractivity contribution in [2.24, 2.45) is 0 Å². The number of carbonyl (C=O) groups excluding carboxylic acids is 1. The fourth-order valence-corrected chi connectivity index (χ4v) is 2.05. The molecule has 2 rings (SSSR count). The van der Waals surface area contributed by atoms with Crippen LogP contribution in [-0.4, -0.2) is 5.91 Å². The Balaban J connectivity index is 2.20. The van der Waals surface area contributed by atoms with E-state index in [1.807, 2.05) is 12.1 Å². The van der Waals surface area contributed by atoms with E-state index in [9.17, 15) is 4.79 Å². The summed E-state index contributed by atoms with van der Waals surface area (Å²) in [7, 11) is 0. The molecule has 20 heavy (non-hydrogen) atoms. The van der Waals surface area contributed by atoms with E-state index in [1.165, 1.54) is 6.08 Å². The van der Waals surface area contributed by atoms with Gasteiger partial charge in [0.2, 0.25) is 0 Å². The summed E-state index contributed by atoms with van der Waals surface area (Å²) in [6.45, 7) is 0. The number of carbonyl (C=O) groups is 1. The summed E-state index contributed by atoms with van der Waals surface area (Å²) in [5.41, 5.74) is 0.586. The van der Waals surface area contributed by atoms with Crippen molar-refractivity contribution < 1.29 is 9.21 Å². The summed E-state index contributed by atoms with van der Waals surface area (Å²) in [6, 6.07) is 12.4. The Labute approximate surface area is 132 Å². The number of amides is 1. The van der Waals surface area contributed by atoms with E-state index in [0.717, 1.165) is 0 Å². The number of anilines is 1. The lowest BCUT2D eigenvalue weighted by Gasteiger charge is -2.02. The first-order valence-electron chi connectivity index (χ1n) is 5.53. The Bertz CT molecular complexity index is 680. The standard InChI is InChI=1S/C14H8Br2N2O2/c15-12-7-11(20-13(12)16)6-9(8-17)14(19)18-10-4-2-1-3-5-10/h1-7H,(H,18,19)/b9-6+. The van der Waals surface area contributed by atoms with Crippen LogP contribution < -0.4 is 5.32 Å². The number of hydrogen-bond acceptors (Lipinski definition) is 3. The molecule has 6 heteroatoms. The van der Waals surface area contributed by atoms with Gasteiger partial charge >= 0.3 is 0 Å². The third kappa shape index (κ3) is 3.59. The van der Waals surface area contributed by atoms with E-state index in [-0.39, 0.29) is 5.57 Å². The molecule has 0 saturated carbocycles. The summed E-state index contributed by atoms with van der Waals surface area (Å²) >= 11 is 6.46. The van der Waals surface area contributed by atoms with Crippen LogP contribution in [0.5, 0.6) is 0 Å². The third-order valence-corrected chi connectivity index (χ3v) is 4.06. The topological polar surface area (TPSA) is 66.0 Å². The van der Waals surface area contributed by atoms with E-state index in [4.69, 9.17) is 9.68 Å². The van der Waals surface area contributed by atoms with Crippen LogP contribution in [0.1, 0.15) is 5.76 Å². The van der Waals surface area contributed by atoms with E-state index in [1.54, 1.807) is 30.3 Å². The van der Waals surface area contributed by atoms with Crippen LogP contribution in [0.4, 0.5) is 5.69 Å². The maximum absolute atomic E-state index is 12.0. The number of furan rings is 1. The Morgan fingerprint density at radius 1 is 1.30 bits per heavy atom. The predicted octanol–water partition coefficient (Wildman–Crippen LogP) is 4.35. The zero-order valence-electron chi connectivity index (χ0n) is 10.1. The van der Waals surface area contributed by atoms with Gasteiger partial charge in [-0.15, -0.1) is 0 Å². The molecule has 1 aromatic carbocycles. The molecule has 0 spiro atoms. The Morgan fingerprint density at radius 3 is 2.55 bits per heavy atom. The second kappa shape index (κ2) is 6.55. The molecule has 0 unspecified atom stereocenters.